The summed E-state index contributed by atoms with van der Waals surface area (Å²) in [5, 5.41) is 1.44. The van der Waals surface area contributed by atoms with Gasteiger partial charge in [0.1, 0.15) is 6.61 Å². The molecule has 1 heterocycles. The number of ether oxygens (including phenoxy) is 2. The van der Waals surface area contributed by atoms with Gasteiger partial charge in [0.05, 0.1) is 15.6 Å². The molecule has 1 amide bonds. The fourth-order valence-corrected chi connectivity index (χ4v) is 4.90. The van der Waals surface area contributed by atoms with Gasteiger partial charge >= 0.3 is 0 Å². The van der Waals surface area contributed by atoms with Crippen molar-refractivity contribution in [3.63, 3.8) is 0 Å². The topological polar surface area (TPSA) is 51.1 Å². The first kappa shape index (κ1) is 23.0. The molecule has 0 radical (unpaired) electrons. The van der Waals surface area contributed by atoms with Gasteiger partial charge in [-0.05, 0) is 89.7 Å². The van der Waals surface area contributed by atoms with Crippen molar-refractivity contribution in [1.82, 2.24) is 4.90 Å². The number of halogens is 2. The largest absolute Gasteiger partial charge is 0.493 e. The Morgan fingerprint density at radius 3 is 2.60 bits per heavy atom. The molecule has 3 rings (SSSR count). The summed E-state index contributed by atoms with van der Waals surface area (Å²) >= 11 is 9.57. The first-order valence-corrected chi connectivity index (χ1v) is 11.7. The van der Waals surface area contributed by atoms with Crippen molar-refractivity contribution < 1.29 is 14.3 Å². The Kier molecular flexibility index (Phi) is 8.07. The van der Waals surface area contributed by atoms with Crippen LogP contribution in [-0.4, -0.2) is 36.2 Å². The molecule has 30 heavy (non-hydrogen) atoms. The lowest BCUT2D eigenvalue weighted by Gasteiger charge is -2.14. The normalized spacial score (nSPS) is 16.6. The van der Waals surface area contributed by atoms with Crippen LogP contribution >= 0.6 is 46.0 Å². The van der Waals surface area contributed by atoms with Crippen LogP contribution in [0.25, 0.3) is 6.08 Å². The maximum Gasteiger partial charge on any atom is 0.266 e. The number of thioether (sulfide) groups is 1. The second-order valence-corrected chi connectivity index (χ2v) is 8.97. The highest BCUT2D eigenvalue weighted by Gasteiger charge is 2.31. The molecular weight excluding hydrogens is 535 g/mol. The van der Waals surface area contributed by atoms with E-state index in [1.54, 1.807) is 12.0 Å². The smallest absolute Gasteiger partial charge is 0.266 e. The van der Waals surface area contributed by atoms with E-state index >= 15 is 0 Å². The molecule has 1 aliphatic rings. The van der Waals surface area contributed by atoms with Crippen LogP contribution in [0, 0.1) is 3.57 Å². The third kappa shape index (κ3) is 5.31. The predicted octanol–water partition coefficient (Wildman–Crippen LogP) is 5.84. The molecule has 0 aliphatic carbocycles. The zero-order valence-electron chi connectivity index (χ0n) is 16.9. The molecule has 0 aromatic heterocycles. The number of hydrogen-bond donors (Lipinski definition) is 0. The van der Waals surface area contributed by atoms with Crippen molar-refractivity contribution in [2.45, 2.75) is 20.5 Å². The van der Waals surface area contributed by atoms with E-state index in [1.807, 2.05) is 56.3 Å². The van der Waals surface area contributed by atoms with Crippen LogP contribution in [0.5, 0.6) is 11.5 Å². The van der Waals surface area contributed by atoms with Gasteiger partial charge in [0.2, 0.25) is 0 Å². The molecule has 1 fully saturated rings. The second kappa shape index (κ2) is 10.5. The molecule has 0 spiro atoms. The van der Waals surface area contributed by atoms with Crippen LogP contribution in [0.4, 0.5) is 0 Å². The first-order chi connectivity index (χ1) is 14.5. The highest BCUT2D eigenvalue weighted by atomic mass is 127. The highest BCUT2D eigenvalue weighted by Crippen LogP contribution is 2.37. The minimum absolute atomic E-state index is 0.0215. The molecule has 0 bridgehead atoms. The van der Waals surface area contributed by atoms with E-state index in [9.17, 15) is 4.79 Å². The fourth-order valence-electron chi connectivity index (χ4n) is 2.89. The Balaban J connectivity index is 1.84. The van der Waals surface area contributed by atoms with E-state index in [0.29, 0.717) is 41.1 Å². The average molecular weight is 557 g/mol. The lowest BCUT2D eigenvalue weighted by atomic mass is 10.1. The van der Waals surface area contributed by atoms with E-state index in [2.05, 4.69) is 27.6 Å². The Morgan fingerprint density at radius 1 is 1.23 bits per heavy atom. The van der Waals surface area contributed by atoms with Gasteiger partial charge in [-0.25, -0.2) is 0 Å². The molecule has 1 aliphatic heterocycles. The van der Waals surface area contributed by atoms with Crippen molar-refractivity contribution >= 4 is 63.1 Å². The monoisotopic (exact) mass is 556 g/mol. The van der Waals surface area contributed by atoms with E-state index in [1.165, 1.54) is 11.8 Å². The van der Waals surface area contributed by atoms with Gasteiger partial charge in [-0.2, -0.15) is 0 Å². The minimum Gasteiger partial charge on any atom is -0.493 e. The van der Waals surface area contributed by atoms with Gasteiger partial charge in [-0.3, -0.25) is 14.7 Å². The molecule has 0 saturated carbocycles. The van der Waals surface area contributed by atoms with Crippen molar-refractivity contribution in [3.05, 3.63) is 61.0 Å². The summed E-state index contributed by atoms with van der Waals surface area (Å²) < 4.78 is 12.5. The fraction of sp³-hybridized carbons (Fsp3) is 0.273. The Bertz CT molecular complexity index is 993. The van der Waals surface area contributed by atoms with Crippen molar-refractivity contribution in [2.24, 2.45) is 4.99 Å². The molecular formula is C22H22ClIN2O3S. The number of hydrogen-bond acceptors (Lipinski definition) is 5. The number of rotatable bonds is 7. The molecule has 2 aromatic carbocycles. The molecule has 5 nitrogen and oxygen atoms in total. The number of nitrogens with zero attached hydrogens (tertiary/aromatic N) is 2. The van der Waals surface area contributed by atoms with Crippen molar-refractivity contribution in [2.75, 3.05) is 20.2 Å². The van der Waals surface area contributed by atoms with E-state index in [-0.39, 0.29) is 5.91 Å². The molecule has 8 heteroatoms. The standard InChI is InChI=1S/C22H22ClIN2O3S/c1-4-25-22-26(5-2)21(27)19(30-22)12-15-10-17(24)20(18(11-15)28-3)29-13-14-6-8-16(23)9-7-14/h6-12H,4-5,13H2,1-3H3/b19-12-,25-22?. The summed E-state index contributed by atoms with van der Waals surface area (Å²) in [5.74, 6) is 1.27. The molecule has 0 unspecified atom stereocenters. The van der Waals surface area contributed by atoms with Crippen molar-refractivity contribution in [3.8, 4) is 11.5 Å². The quantitative estimate of drug-likeness (QED) is 0.317. The van der Waals surface area contributed by atoms with E-state index in [4.69, 9.17) is 21.1 Å². The van der Waals surface area contributed by atoms with E-state index in [0.717, 1.165) is 19.9 Å². The molecule has 1 saturated heterocycles. The summed E-state index contributed by atoms with van der Waals surface area (Å²) in [4.78, 5) is 19.5. The van der Waals surface area contributed by atoms with Crippen LogP contribution < -0.4 is 9.47 Å². The summed E-state index contributed by atoms with van der Waals surface area (Å²) in [6, 6.07) is 11.4. The lowest BCUT2D eigenvalue weighted by Crippen LogP contribution is -2.28. The number of carbonyl (C=O) groups excluding carboxylic acids is 1. The maximum absolute atomic E-state index is 12.7. The molecule has 158 valence electrons. The number of methoxy groups -OCH3 is 1. The van der Waals surface area contributed by atoms with Gasteiger partial charge in [-0.1, -0.05) is 23.7 Å². The Hall–Kier alpha value is -1.71. The number of amides is 1. The zero-order valence-corrected chi connectivity index (χ0v) is 20.7. The van der Waals surface area contributed by atoms with Gasteiger partial charge in [0.25, 0.3) is 5.91 Å². The van der Waals surface area contributed by atoms with Gasteiger partial charge in [0, 0.05) is 18.1 Å². The van der Waals surface area contributed by atoms with Gasteiger partial charge in [-0.15, -0.1) is 0 Å². The minimum atomic E-state index is -0.0215. The summed E-state index contributed by atoms with van der Waals surface area (Å²) in [5.41, 5.74) is 1.89. The van der Waals surface area contributed by atoms with Crippen LogP contribution in [-0.2, 0) is 11.4 Å². The molecule has 0 atom stereocenters. The van der Waals surface area contributed by atoms with Crippen LogP contribution in [0.3, 0.4) is 0 Å². The number of carbonyl (C=O) groups is 1. The SMILES string of the molecule is CCN=C1S/C(=C\c2cc(I)c(OCc3ccc(Cl)cc3)c(OC)c2)C(=O)N1CC. The number of amidine groups is 1. The van der Waals surface area contributed by atoms with E-state index < -0.39 is 0 Å². The van der Waals surface area contributed by atoms with Gasteiger partial charge in [0.15, 0.2) is 16.7 Å². The molecule has 0 N–H and O–H groups in total. The van der Waals surface area contributed by atoms with Crippen LogP contribution in [0.2, 0.25) is 5.02 Å². The second-order valence-electron chi connectivity index (χ2n) is 6.37. The van der Waals surface area contributed by atoms with Crippen LogP contribution in [0.1, 0.15) is 25.0 Å². The lowest BCUT2D eigenvalue weighted by molar-refractivity contribution is -0.122. The highest BCUT2D eigenvalue weighted by molar-refractivity contribution is 14.1. The Morgan fingerprint density at radius 2 is 1.97 bits per heavy atom. The summed E-state index contributed by atoms with van der Waals surface area (Å²) in [6.45, 7) is 5.56. The average Bonchev–Trinajstić information content (AvgIpc) is 3.02. The van der Waals surface area contributed by atoms with Gasteiger partial charge < -0.3 is 9.47 Å². The number of aliphatic imine (C=N–C) groups is 1. The zero-order chi connectivity index (χ0) is 21.7. The first-order valence-electron chi connectivity index (χ1n) is 9.47. The Labute approximate surface area is 199 Å². The number of benzene rings is 2. The third-order valence-corrected chi connectivity index (χ3v) is 6.44. The maximum atomic E-state index is 12.7. The summed E-state index contributed by atoms with van der Waals surface area (Å²) in [6.07, 6.45) is 1.88. The third-order valence-electron chi connectivity index (χ3n) is 4.34. The molecule has 2 aromatic rings. The number of likely N-dealkylation sites (N-methyl/N-ethyl adjacent to an activating group) is 1. The summed E-state index contributed by atoms with van der Waals surface area (Å²) in [7, 11) is 1.61. The predicted molar refractivity (Wildman–Crippen MR) is 132 cm³/mol. The van der Waals surface area contributed by atoms with Crippen LogP contribution in [0.15, 0.2) is 46.3 Å². The van der Waals surface area contributed by atoms with Crippen molar-refractivity contribution in [1.29, 1.82) is 0 Å².